The molecule has 0 N–H and O–H groups in total. The van der Waals surface area contributed by atoms with Gasteiger partial charge in [0.25, 0.3) is 5.91 Å². The molecule has 0 bridgehead atoms. The highest BCUT2D eigenvalue weighted by atomic mass is 16.4. The molecule has 6 heteroatoms. The minimum atomic E-state index is -0.0212. The molecule has 1 fully saturated rings. The van der Waals surface area contributed by atoms with Gasteiger partial charge in [-0.3, -0.25) is 14.4 Å². The van der Waals surface area contributed by atoms with Crippen molar-refractivity contribution in [2.45, 2.75) is 39.3 Å². The van der Waals surface area contributed by atoms with Gasteiger partial charge in [0.2, 0.25) is 0 Å². The van der Waals surface area contributed by atoms with Gasteiger partial charge in [-0.25, -0.2) is 0 Å². The zero-order valence-electron chi connectivity index (χ0n) is 14.7. The van der Waals surface area contributed by atoms with E-state index < -0.39 is 0 Å². The molecule has 130 valence electrons. The molecule has 1 amide bonds. The van der Waals surface area contributed by atoms with Gasteiger partial charge in [-0.2, -0.15) is 5.10 Å². The highest BCUT2D eigenvalue weighted by Crippen LogP contribution is 2.33. The highest BCUT2D eigenvalue weighted by Gasteiger charge is 2.32. The van der Waals surface area contributed by atoms with Crippen molar-refractivity contribution in [3.8, 4) is 0 Å². The van der Waals surface area contributed by atoms with Crippen molar-refractivity contribution in [1.82, 2.24) is 19.6 Å². The minimum Gasteiger partial charge on any atom is -0.455 e. The van der Waals surface area contributed by atoms with Gasteiger partial charge in [0.1, 0.15) is 5.76 Å². The van der Waals surface area contributed by atoms with Gasteiger partial charge in [0, 0.05) is 25.4 Å². The molecule has 0 aliphatic carbocycles. The Morgan fingerprint density at radius 2 is 2.17 bits per heavy atom. The summed E-state index contributed by atoms with van der Waals surface area (Å²) in [6.45, 7) is 7.70. The van der Waals surface area contributed by atoms with Gasteiger partial charge in [0.05, 0.1) is 18.8 Å². The van der Waals surface area contributed by atoms with Crippen molar-refractivity contribution in [1.29, 1.82) is 0 Å². The van der Waals surface area contributed by atoms with Crippen molar-refractivity contribution in [2.75, 3.05) is 19.6 Å². The fourth-order valence-corrected chi connectivity index (χ4v) is 3.36. The second kappa shape index (κ2) is 7.21. The molecule has 24 heavy (non-hydrogen) atoms. The van der Waals surface area contributed by atoms with Gasteiger partial charge in [-0.05, 0) is 38.1 Å². The lowest BCUT2D eigenvalue weighted by molar-refractivity contribution is 0.0699. The molecule has 0 radical (unpaired) electrons. The number of likely N-dealkylation sites (tertiary alicyclic amines) is 1. The minimum absolute atomic E-state index is 0.0212. The van der Waals surface area contributed by atoms with Crippen molar-refractivity contribution >= 4 is 5.91 Å². The molecular formula is C18H26N4O2. The molecule has 3 rings (SSSR count). The summed E-state index contributed by atoms with van der Waals surface area (Å²) in [7, 11) is 1.90. The average Bonchev–Trinajstić information content (AvgIpc) is 3.31. The topological polar surface area (TPSA) is 54.5 Å². The van der Waals surface area contributed by atoms with Crippen LogP contribution in [0, 0.1) is 0 Å². The summed E-state index contributed by atoms with van der Waals surface area (Å²) in [5.41, 5.74) is 1.10. The van der Waals surface area contributed by atoms with Crippen molar-refractivity contribution < 1.29 is 9.21 Å². The number of furan rings is 1. The number of nitrogens with zero attached hydrogens (tertiary/aromatic N) is 4. The van der Waals surface area contributed by atoms with Crippen LogP contribution in [0.15, 0.2) is 28.9 Å². The molecular weight excluding hydrogens is 304 g/mol. The molecule has 0 spiro atoms. The maximum Gasteiger partial charge on any atom is 0.290 e. The Bertz CT molecular complexity index is 687. The number of amides is 1. The average molecular weight is 330 g/mol. The predicted molar refractivity (Wildman–Crippen MR) is 91.6 cm³/mol. The summed E-state index contributed by atoms with van der Waals surface area (Å²) < 4.78 is 7.61. The second-order valence-corrected chi connectivity index (χ2v) is 6.33. The summed E-state index contributed by atoms with van der Waals surface area (Å²) >= 11 is 0. The summed E-state index contributed by atoms with van der Waals surface area (Å²) in [6, 6.07) is 3.82. The lowest BCUT2D eigenvalue weighted by Gasteiger charge is -2.22. The van der Waals surface area contributed by atoms with Crippen LogP contribution < -0.4 is 0 Å². The molecule has 1 aliphatic rings. The van der Waals surface area contributed by atoms with E-state index in [2.05, 4.69) is 23.8 Å². The number of hydrogen-bond donors (Lipinski definition) is 0. The predicted octanol–water partition coefficient (Wildman–Crippen LogP) is 2.83. The smallest absolute Gasteiger partial charge is 0.290 e. The third-order valence-electron chi connectivity index (χ3n) is 4.77. The Kier molecular flexibility index (Phi) is 5.04. The fourth-order valence-electron chi connectivity index (χ4n) is 3.36. The largest absolute Gasteiger partial charge is 0.455 e. The van der Waals surface area contributed by atoms with Crippen LogP contribution in [-0.2, 0) is 13.6 Å². The number of aromatic nitrogens is 2. The van der Waals surface area contributed by atoms with Crippen LogP contribution in [0.3, 0.4) is 0 Å². The quantitative estimate of drug-likeness (QED) is 0.817. The second-order valence-electron chi connectivity index (χ2n) is 6.33. The van der Waals surface area contributed by atoms with Crippen LogP contribution in [0.2, 0.25) is 0 Å². The van der Waals surface area contributed by atoms with E-state index in [1.54, 1.807) is 10.7 Å². The van der Waals surface area contributed by atoms with Crippen LogP contribution in [0.1, 0.15) is 54.6 Å². The van der Waals surface area contributed by atoms with Gasteiger partial charge >= 0.3 is 0 Å². The Balaban J connectivity index is 1.72. The van der Waals surface area contributed by atoms with Gasteiger partial charge in [0.15, 0.2) is 5.76 Å². The first-order valence-corrected chi connectivity index (χ1v) is 8.73. The maximum atomic E-state index is 12.9. The van der Waals surface area contributed by atoms with E-state index in [1.165, 1.54) is 0 Å². The highest BCUT2D eigenvalue weighted by molar-refractivity contribution is 5.92. The molecule has 0 saturated carbocycles. The number of aryl methyl sites for hydroxylation is 1. The van der Waals surface area contributed by atoms with E-state index in [9.17, 15) is 4.79 Å². The monoisotopic (exact) mass is 330 g/mol. The summed E-state index contributed by atoms with van der Waals surface area (Å²) in [5.74, 6) is 1.26. The molecule has 6 nitrogen and oxygen atoms in total. The van der Waals surface area contributed by atoms with Gasteiger partial charge in [-0.15, -0.1) is 0 Å². The standard InChI is InChI=1S/C18H26N4O2/c1-4-21(5-2)13-15-8-9-17(24-15)18(23)22-10-6-7-16(22)14-11-19-20(3)12-14/h8-9,11-12,16H,4-7,10,13H2,1-3H3/t16-/m1/s1. The van der Waals surface area contributed by atoms with Gasteiger partial charge < -0.3 is 9.32 Å². The van der Waals surface area contributed by atoms with Crippen molar-refractivity contribution in [2.24, 2.45) is 7.05 Å². The Morgan fingerprint density at radius 1 is 1.38 bits per heavy atom. The van der Waals surface area contributed by atoms with Crippen molar-refractivity contribution in [3.05, 3.63) is 41.6 Å². The third-order valence-corrected chi connectivity index (χ3v) is 4.77. The zero-order chi connectivity index (χ0) is 17.1. The molecule has 2 aromatic rings. The first kappa shape index (κ1) is 16.8. The van der Waals surface area contributed by atoms with E-state index in [1.807, 2.05) is 30.4 Å². The number of carbonyl (C=O) groups excluding carboxylic acids is 1. The van der Waals surface area contributed by atoms with Crippen molar-refractivity contribution in [3.63, 3.8) is 0 Å². The van der Waals surface area contributed by atoms with Crippen LogP contribution >= 0.6 is 0 Å². The first-order valence-electron chi connectivity index (χ1n) is 8.73. The number of carbonyl (C=O) groups is 1. The molecule has 1 aliphatic heterocycles. The lowest BCUT2D eigenvalue weighted by atomic mass is 10.1. The Labute approximate surface area is 143 Å². The van der Waals surface area contributed by atoms with Crippen LogP contribution in [0.4, 0.5) is 0 Å². The SMILES string of the molecule is CCN(CC)Cc1ccc(C(=O)N2CCC[C@@H]2c2cnn(C)c2)o1. The number of rotatable bonds is 6. The molecule has 1 atom stereocenters. The van der Waals surface area contributed by atoms with Crippen LogP contribution in [-0.4, -0.2) is 45.1 Å². The molecule has 0 aromatic carbocycles. The van der Waals surface area contributed by atoms with E-state index in [0.29, 0.717) is 5.76 Å². The van der Waals surface area contributed by atoms with E-state index in [-0.39, 0.29) is 11.9 Å². The van der Waals surface area contributed by atoms with E-state index >= 15 is 0 Å². The van der Waals surface area contributed by atoms with Crippen LogP contribution in [0.25, 0.3) is 0 Å². The van der Waals surface area contributed by atoms with Gasteiger partial charge in [-0.1, -0.05) is 13.8 Å². The first-order chi connectivity index (χ1) is 11.6. The molecule has 1 saturated heterocycles. The normalized spacial score (nSPS) is 17.8. The molecule has 3 heterocycles. The Morgan fingerprint density at radius 3 is 2.83 bits per heavy atom. The lowest BCUT2D eigenvalue weighted by Crippen LogP contribution is -2.30. The third kappa shape index (κ3) is 3.38. The summed E-state index contributed by atoms with van der Waals surface area (Å²) in [4.78, 5) is 17.0. The van der Waals surface area contributed by atoms with Crippen LogP contribution in [0.5, 0.6) is 0 Å². The molecule has 2 aromatic heterocycles. The van der Waals surface area contributed by atoms with E-state index in [0.717, 1.165) is 50.3 Å². The zero-order valence-corrected chi connectivity index (χ0v) is 14.7. The van der Waals surface area contributed by atoms with E-state index in [4.69, 9.17) is 4.42 Å². The molecule has 0 unspecified atom stereocenters. The Hall–Kier alpha value is -2.08. The summed E-state index contributed by atoms with van der Waals surface area (Å²) in [6.07, 6.45) is 5.83. The summed E-state index contributed by atoms with van der Waals surface area (Å²) in [5, 5.41) is 4.23. The number of hydrogen-bond acceptors (Lipinski definition) is 4. The fraction of sp³-hybridized carbons (Fsp3) is 0.556. The maximum absolute atomic E-state index is 12.9.